The summed E-state index contributed by atoms with van der Waals surface area (Å²) in [6.45, 7) is -0.0629. The number of rotatable bonds is 3. The average Bonchev–Trinajstić information content (AvgIpc) is 2.72. The number of benzene rings is 1. The van der Waals surface area contributed by atoms with Crippen LogP contribution in [0.15, 0.2) is 18.2 Å². The van der Waals surface area contributed by atoms with Crippen molar-refractivity contribution < 1.29 is 14.6 Å². The first-order valence-corrected chi connectivity index (χ1v) is 5.21. The van der Waals surface area contributed by atoms with Crippen LogP contribution in [-0.4, -0.2) is 24.3 Å². The van der Waals surface area contributed by atoms with Gasteiger partial charge in [-0.25, -0.2) is 4.79 Å². The molecule has 1 N–H and O–H groups in total. The molecule has 0 radical (unpaired) electrons. The minimum atomic E-state index is -0.348. The molecule has 0 bridgehead atoms. The van der Waals surface area contributed by atoms with Crippen LogP contribution in [-0.2, 0) is 17.6 Å². The fraction of sp³-hybridized carbons (Fsp3) is 0.417. The smallest absolute Gasteiger partial charge is 0.338 e. The van der Waals surface area contributed by atoms with Gasteiger partial charge in [-0.2, -0.15) is 0 Å². The van der Waals surface area contributed by atoms with Crippen LogP contribution in [0, 0.1) is 0 Å². The lowest BCUT2D eigenvalue weighted by Crippen LogP contribution is -2.09. The predicted octanol–water partition coefficient (Wildman–Crippen LogP) is 1.32. The molecule has 15 heavy (non-hydrogen) atoms. The Balaban J connectivity index is 2.12. The van der Waals surface area contributed by atoms with E-state index in [1.807, 2.05) is 12.1 Å². The molecule has 2 rings (SSSR count). The van der Waals surface area contributed by atoms with Gasteiger partial charge < -0.3 is 9.84 Å². The van der Waals surface area contributed by atoms with Crippen LogP contribution in [0.2, 0.25) is 0 Å². The fourth-order valence-corrected chi connectivity index (χ4v) is 1.92. The lowest BCUT2D eigenvalue weighted by Gasteiger charge is -2.04. The number of carbonyl (C=O) groups is 1. The van der Waals surface area contributed by atoms with E-state index in [2.05, 4.69) is 0 Å². The highest BCUT2D eigenvalue weighted by molar-refractivity contribution is 5.89. The number of carbonyl (C=O) groups excluding carboxylic acids is 1. The Morgan fingerprint density at radius 2 is 2.13 bits per heavy atom. The van der Waals surface area contributed by atoms with Crippen molar-refractivity contribution in [3.8, 4) is 0 Å². The Bertz CT molecular complexity index is 371. The summed E-state index contributed by atoms with van der Waals surface area (Å²) in [5.74, 6) is -0.348. The summed E-state index contributed by atoms with van der Waals surface area (Å²) in [4.78, 5) is 11.5. The molecule has 3 heteroatoms. The molecule has 1 aromatic carbocycles. The fourth-order valence-electron chi connectivity index (χ4n) is 1.92. The van der Waals surface area contributed by atoms with Crippen LogP contribution in [0.25, 0.3) is 0 Å². The molecule has 0 heterocycles. The van der Waals surface area contributed by atoms with E-state index in [4.69, 9.17) is 9.84 Å². The highest BCUT2D eigenvalue weighted by Gasteiger charge is 2.14. The maximum atomic E-state index is 11.5. The highest BCUT2D eigenvalue weighted by atomic mass is 16.5. The summed E-state index contributed by atoms with van der Waals surface area (Å²) >= 11 is 0. The first kappa shape index (κ1) is 10.2. The summed E-state index contributed by atoms with van der Waals surface area (Å²) in [5.41, 5.74) is 3.19. The van der Waals surface area contributed by atoms with Gasteiger partial charge in [0.25, 0.3) is 0 Å². The van der Waals surface area contributed by atoms with Gasteiger partial charge in [-0.1, -0.05) is 6.07 Å². The van der Waals surface area contributed by atoms with Crippen molar-refractivity contribution in [2.45, 2.75) is 19.3 Å². The van der Waals surface area contributed by atoms with Crippen molar-refractivity contribution in [3.63, 3.8) is 0 Å². The highest BCUT2D eigenvalue weighted by Crippen LogP contribution is 2.22. The lowest BCUT2D eigenvalue weighted by atomic mass is 10.1. The summed E-state index contributed by atoms with van der Waals surface area (Å²) in [5, 5.41) is 8.54. The molecule has 0 spiro atoms. The van der Waals surface area contributed by atoms with Crippen molar-refractivity contribution in [2.75, 3.05) is 13.2 Å². The van der Waals surface area contributed by atoms with Crippen molar-refractivity contribution in [1.29, 1.82) is 0 Å². The van der Waals surface area contributed by atoms with E-state index in [1.54, 1.807) is 6.07 Å². The first-order chi connectivity index (χ1) is 7.31. The van der Waals surface area contributed by atoms with Gasteiger partial charge in [0.15, 0.2) is 0 Å². The quantitative estimate of drug-likeness (QED) is 0.759. The minimum Gasteiger partial charge on any atom is -0.460 e. The van der Waals surface area contributed by atoms with E-state index >= 15 is 0 Å². The zero-order valence-electron chi connectivity index (χ0n) is 8.53. The van der Waals surface area contributed by atoms with Crippen LogP contribution in [0.4, 0.5) is 0 Å². The molecular formula is C12H14O3. The Morgan fingerprint density at radius 3 is 2.93 bits per heavy atom. The molecule has 0 atom stereocenters. The van der Waals surface area contributed by atoms with Gasteiger partial charge >= 0.3 is 5.97 Å². The third kappa shape index (κ3) is 2.18. The Hall–Kier alpha value is -1.35. The first-order valence-electron chi connectivity index (χ1n) is 5.21. The number of ether oxygens (including phenoxy) is 1. The van der Waals surface area contributed by atoms with Crippen LogP contribution >= 0.6 is 0 Å². The van der Waals surface area contributed by atoms with Crippen molar-refractivity contribution >= 4 is 5.97 Å². The van der Waals surface area contributed by atoms with Gasteiger partial charge in [-0.3, -0.25) is 0 Å². The third-order valence-electron chi connectivity index (χ3n) is 2.66. The summed E-state index contributed by atoms with van der Waals surface area (Å²) in [6, 6.07) is 5.70. The lowest BCUT2D eigenvalue weighted by molar-refractivity contribution is 0.0433. The van der Waals surface area contributed by atoms with Gasteiger partial charge in [0, 0.05) is 0 Å². The topological polar surface area (TPSA) is 46.5 Å². The molecule has 80 valence electrons. The number of aliphatic hydroxyl groups is 1. The van der Waals surface area contributed by atoms with E-state index in [0.29, 0.717) is 5.56 Å². The van der Waals surface area contributed by atoms with E-state index < -0.39 is 0 Å². The Morgan fingerprint density at radius 1 is 1.33 bits per heavy atom. The number of aryl methyl sites for hydroxylation is 2. The van der Waals surface area contributed by atoms with Gasteiger partial charge in [0.1, 0.15) is 6.61 Å². The molecule has 0 saturated heterocycles. The van der Waals surface area contributed by atoms with E-state index in [9.17, 15) is 4.79 Å². The summed E-state index contributed by atoms with van der Waals surface area (Å²) in [7, 11) is 0. The predicted molar refractivity (Wildman–Crippen MR) is 55.8 cm³/mol. The largest absolute Gasteiger partial charge is 0.460 e. The van der Waals surface area contributed by atoms with E-state index in [-0.39, 0.29) is 19.2 Å². The molecule has 0 unspecified atom stereocenters. The molecule has 0 amide bonds. The number of hydrogen-bond acceptors (Lipinski definition) is 3. The second-order valence-corrected chi connectivity index (χ2v) is 3.70. The molecule has 1 aliphatic carbocycles. The number of hydrogen-bond donors (Lipinski definition) is 1. The van der Waals surface area contributed by atoms with Crippen LogP contribution < -0.4 is 0 Å². The second-order valence-electron chi connectivity index (χ2n) is 3.70. The SMILES string of the molecule is O=C(OCCO)c1ccc2c(c1)CCC2. The number of fused-ring (bicyclic) bond motifs is 1. The van der Waals surface area contributed by atoms with Crippen molar-refractivity contribution in [1.82, 2.24) is 0 Å². The monoisotopic (exact) mass is 206 g/mol. The average molecular weight is 206 g/mol. The summed E-state index contributed by atoms with van der Waals surface area (Å²) in [6.07, 6.45) is 3.34. The standard InChI is InChI=1S/C12H14O3/c13-6-7-15-12(14)11-5-4-9-2-1-3-10(9)8-11/h4-5,8,13H,1-3,6-7H2. The molecule has 1 aliphatic rings. The molecule has 3 nitrogen and oxygen atoms in total. The van der Waals surface area contributed by atoms with Gasteiger partial charge in [0.2, 0.25) is 0 Å². The molecule has 1 aromatic rings. The Kier molecular flexibility index (Phi) is 3.02. The molecule has 0 aliphatic heterocycles. The van der Waals surface area contributed by atoms with Crippen LogP contribution in [0.5, 0.6) is 0 Å². The van der Waals surface area contributed by atoms with Crippen LogP contribution in [0.1, 0.15) is 27.9 Å². The maximum absolute atomic E-state index is 11.5. The molecule has 0 saturated carbocycles. The van der Waals surface area contributed by atoms with Crippen LogP contribution in [0.3, 0.4) is 0 Å². The second kappa shape index (κ2) is 4.45. The van der Waals surface area contributed by atoms with E-state index in [1.165, 1.54) is 17.5 Å². The molecule has 0 aromatic heterocycles. The normalized spacial score (nSPS) is 13.7. The van der Waals surface area contributed by atoms with Crippen molar-refractivity contribution in [3.05, 3.63) is 34.9 Å². The van der Waals surface area contributed by atoms with E-state index in [0.717, 1.165) is 12.8 Å². The minimum absolute atomic E-state index is 0.0654. The Labute approximate surface area is 88.7 Å². The van der Waals surface area contributed by atoms with Gasteiger partial charge in [-0.15, -0.1) is 0 Å². The zero-order chi connectivity index (χ0) is 10.7. The van der Waals surface area contributed by atoms with Gasteiger partial charge in [-0.05, 0) is 42.5 Å². The zero-order valence-corrected chi connectivity index (χ0v) is 8.53. The van der Waals surface area contributed by atoms with Crippen molar-refractivity contribution in [2.24, 2.45) is 0 Å². The maximum Gasteiger partial charge on any atom is 0.338 e. The summed E-state index contributed by atoms with van der Waals surface area (Å²) < 4.78 is 4.85. The number of esters is 1. The molecule has 0 fully saturated rings. The van der Waals surface area contributed by atoms with Gasteiger partial charge in [0.05, 0.1) is 12.2 Å². The number of aliphatic hydroxyl groups excluding tert-OH is 1. The third-order valence-corrected chi connectivity index (χ3v) is 2.66. The molecular weight excluding hydrogens is 192 g/mol.